The molecule has 0 aliphatic carbocycles. The first kappa shape index (κ1) is 26.0. The molecule has 3 aromatic carbocycles. The predicted octanol–water partition coefficient (Wildman–Crippen LogP) is 7.36. The van der Waals surface area contributed by atoms with Crippen molar-refractivity contribution in [3.05, 3.63) is 88.0 Å². The van der Waals surface area contributed by atoms with Gasteiger partial charge in [0.1, 0.15) is 29.4 Å². The Kier molecular flexibility index (Phi) is 6.97. The lowest BCUT2D eigenvalue weighted by Gasteiger charge is -2.11. The maximum atomic E-state index is 12.8. The highest BCUT2D eigenvalue weighted by Gasteiger charge is 2.18. The van der Waals surface area contributed by atoms with Gasteiger partial charge in [0.15, 0.2) is 5.76 Å². The van der Waals surface area contributed by atoms with E-state index in [0.29, 0.717) is 49.4 Å². The molecular formula is C28H20Cl2N4O5S. The van der Waals surface area contributed by atoms with Crippen molar-refractivity contribution in [2.75, 3.05) is 19.5 Å². The smallest absolute Gasteiger partial charge is 0.294 e. The Hall–Kier alpha value is -4.25. The van der Waals surface area contributed by atoms with Gasteiger partial charge in [-0.25, -0.2) is 9.50 Å². The Morgan fingerprint density at radius 3 is 2.73 bits per heavy atom. The Morgan fingerprint density at radius 1 is 1.07 bits per heavy atom. The molecule has 6 rings (SSSR count). The molecule has 0 unspecified atom stereocenters. The standard InChI is InChI=1S/C28H20Cl2N4O5S/c1-36-17-10-22(19-12-24(39-23(19)11-17)21-13-34-27(32-21)40-28(33-34)37-2)38-14-15-5-3-6-16(9-15)31-26(35)18-7-4-8-20(29)25(18)30/h3-13H,14H2,1-2H3,(H,31,35). The maximum Gasteiger partial charge on any atom is 0.294 e. The highest BCUT2D eigenvalue weighted by atomic mass is 35.5. The Bertz CT molecular complexity index is 1850. The molecule has 202 valence electrons. The second-order valence-corrected chi connectivity index (χ2v) is 10.3. The fraction of sp³-hybridized carbons (Fsp3) is 0.107. The third kappa shape index (κ3) is 5.04. The van der Waals surface area contributed by atoms with Crippen LogP contribution in [0.5, 0.6) is 16.7 Å². The van der Waals surface area contributed by atoms with Crippen LogP contribution < -0.4 is 19.5 Å². The second kappa shape index (κ2) is 10.7. The highest BCUT2D eigenvalue weighted by Crippen LogP contribution is 2.37. The quantitative estimate of drug-likeness (QED) is 0.196. The molecule has 0 radical (unpaired) electrons. The summed E-state index contributed by atoms with van der Waals surface area (Å²) in [5, 5.41) is 8.97. The fourth-order valence-electron chi connectivity index (χ4n) is 4.11. The number of hydrogen-bond acceptors (Lipinski definition) is 8. The Morgan fingerprint density at radius 2 is 1.93 bits per heavy atom. The first-order valence-electron chi connectivity index (χ1n) is 11.9. The van der Waals surface area contributed by atoms with Gasteiger partial charge in [0.05, 0.1) is 41.4 Å². The van der Waals surface area contributed by atoms with Gasteiger partial charge in [-0.05, 0) is 47.2 Å². The van der Waals surface area contributed by atoms with E-state index in [1.54, 1.807) is 61.3 Å². The topological polar surface area (TPSA) is 100 Å². The molecule has 0 spiro atoms. The summed E-state index contributed by atoms with van der Waals surface area (Å²) in [6, 6.07) is 17.7. The number of benzene rings is 3. The van der Waals surface area contributed by atoms with Gasteiger partial charge in [-0.1, -0.05) is 41.4 Å². The molecular weight excluding hydrogens is 575 g/mol. The average molecular weight is 595 g/mol. The first-order chi connectivity index (χ1) is 19.4. The molecule has 0 aliphatic rings. The number of nitrogens with zero attached hydrogens (tertiary/aromatic N) is 3. The van der Waals surface area contributed by atoms with E-state index in [1.165, 1.54) is 11.3 Å². The number of halogens is 2. The number of amides is 1. The van der Waals surface area contributed by atoms with Crippen molar-refractivity contribution in [2.24, 2.45) is 0 Å². The Labute approximate surface area is 241 Å². The summed E-state index contributed by atoms with van der Waals surface area (Å²) in [4.78, 5) is 18.0. The number of anilines is 1. The van der Waals surface area contributed by atoms with Gasteiger partial charge in [0.25, 0.3) is 11.1 Å². The SMILES string of the molecule is COc1cc(OCc2cccc(NC(=O)c3cccc(Cl)c3Cl)c2)c2cc(-c3cn4nc(OC)sc4n3)oc2c1. The van der Waals surface area contributed by atoms with Crippen LogP contribution in [0, 0.1) is 0 Å². The number of methoxy groups -OCH3 is 2. The summed E-state index contributed by atoms with van der Waals surface area (Å²) in [5.74, 6) is 1.36. The first-order valence-corrected chi connectivity index (χ1v) is 13.5. The van der Waals surface area contributed by atoms with Gasteiger partial charge >= 0.3 is 0 Å². The van der Waals surface area contributed by atoms with Crippen LogP contribution in [0.3, 0.4) is 0 Å². The molecule has 0 saturated heterocycles. The summed E-state index contributed by atoms with van der Waals surface area (Å²) in [6.45, 7) is 0.230. The van der Waals surface area contributed by atoms with Crippen molar-refractivity contribution in [3.63, 3.8) is 0 Å². The zero-order chi connectivity index (χ0) is 27.8. The summed E-state index contributed by atoms with van der Waals surface area (Å²) in [7, 11) is 3.15. The van der Waals surface area contributed by atoms with E-state index in [9.17, 15) is 4.79 Å². The molecule has 3 aromatic heterocycles. The van der Waals surface area contributed by atoms with Crippen LogP contribution in [0.2, 0.25) is 10.0 Å². The fourth-order valence-corrected chi connectivity index (χ4v) is 5.19. The van der Waals surface area contributed by atoms with Crippen LogP contribution in [-0.2, 0) is 6.61 Å². The number of imidazole rings is 1. The molecule has 3 heterocycles. The second-order valence-electron chi connectivity index (χ2n) is 8.62. The van der Waals surface area contributed by atoms with Gasteiger partial charge in [0.2, 0.25) is 4.96 Å². The molecule has 12 heteroatoms. The van der Waals surface area contributed by atoms with Gasteiger partial charge in [0, 0.05) is 17.8 Å². The monoisotopic (exact) mass is 594 g/mol. The van der Waals surface area contributed by atoms with E-state index in [-0.39, 0.29) is 23.1 Å². The largest absolute Gasteiger partial charge is 0.496 e. The van der Waals surface area contributed by atoms with E-state index in [1.807, 2.05) is 24.3 Å². The van der Waals surface area contributed by atoms with Crippen molar-refractivity contribution in [3.8, 4) is 28.1 Å². The van der Waals surface area contributed by atoms with Crippen molar-refractivity contribution in [1.82, 2.24) is 14.6 Å². The van der Waals surface area contributed by atoms with Crippen LogP contribution in [0.4, 0.5) is 5.69 Å². The van der Waals surface area contributed by atoms with Crippen LogP contribution >= 0.6 is 34.5 Å². The highest BCUT2D eigenvalue weighted by molar-refractivity contribution is 7.18. The lowest BCUT2D eigenvalue weighted by Crippen LogP contribution is -2.12. The lowest BCUT2D eigenvalue weighted by molar-refractivity contribution is 0.102. The molecule has 1 N–H and O–H groups in total. The van der Waals surface area contributed by atoms with Crippen molar-refractivity contribution < 1.29 is 23.4 Å². The summed E-state index contributed by atoms with van der Waals surface area (Å²) in [5.41, 5.74) is 2.94. The number of rotatable bonds is 8. The predicted molar refractivity (Wildman–Crippen MR) is 154 cm³/mol. The molecule has 0 saturated carbocycles. The number of aromatic nitrogens is 3. The summed E-state index contributed by atoms with van der Waals surface area (Å²) < 4.78 is 24.6. The van der Waals surface area contributed by atoms with E-state index in [4.69, 9.17) is 41.8 Å². The number of carbonyl (C=O) groups excluding carboxylic acids is 1. The molecule has 0 atom stereocenters. The molecule has 9 nitrogen and oxygen atoms in total. The van der Waals surface area contributed by atoms with Crippen molar-refractivity contribution in [1.29, 1.82) is 0 Å². The molecule has 1 amide bonds. The molecule has 0 fully saturated rings. The minimum absolute atomic E-state index is 0.203. The molecule has 40 heavy (non-hydrogen) atoms. The minimum atomic E-state index is -0.362. The van der Waals surface area contributed by atoms with E-state index >= 15 is 0 Å². The minimum Gasteiger partial charge on any atom is -0.496 e. The number of hydrogen-bond donors (Lipinski definition) is 1. The third-order valence-electron chi connectivity index (χ3n) is 6.04. The van der Waals surface area contributed by atoms with Gasteiger partial charge < -0.3 is 23.9 Å². The maximum absolute atomic E-state index is 12.8. The number of carbonyl (C=O) groups is 1. The normalized spacial score (nSPS) is 11.2. The van der Waals surface area contributed by atoms with Gasteiger partial charge in [-0.2, -0.15) is 0 Å². The summed E-state index contributed by atoms with van der Waals surface area (Å²) >= 11 is 13.6. The van der Waals surface area contributed by atoms with Crippen molar-refractivity contribution >= 4 is 62.1 Å². The van der Waals surface area contributed by atoms with Gasteiger partial charge in [-0.3, -0.25) is 4.79 Å². The van der Waals surface area contributed by atoms with Crippen LogP contribution in [0.1, 0.15) is 15.9 Å². The van der Waals surface area contributed by atoms with E-state index in [2.05, 4.69) is 15.4 Å². The van der Waals surface area contributed by atoms with E-state index in [0.717, 1.165) is 10.9 Å². The lowest BCUT2D eigenvalue weighted by atomic mass is 10.1. The number of ether oxygens (including phenoxy) is 3. The Balaban J connectivity index is 1.23. The average Bonchev–Trinajstić information content (AvgIpc) is 3.66. The molecule has 6 aromatic rings. The summed E-state index contributed by atoms with van der Waals surface area (Å²) in [6.07, 6.45) is 1.78. The van der Waals surface area contributed by atoms with E-state index < -0.39 is 0 Å². The zero-order valence-corrected chi connectivity index (χ0v) is 23.4. The van der Waals surface area contributed by atoms with Crippen LogP contribution in [0.15, 0.2) is 71.3 Å². The van der Waals surface area contributed by atoms with Gasteiger partial charge in [-0.15, -0.1) is 5.10 Å². The van der Waals surface area contributed by atoms with Crippen LogP contribution in [0.25, 0.3) is 27.4 Å². The van der Waals surface area contributed by atoms with Crippen LogP contribution in [-0.4, -0.2) is 34.7 Å². The molecule has 0 bridgehead atoms. The van der Waals surface area contributed by atoms with Crippen molar-refractivity contribution in [2.45, 2.75) is 6.61 Å². The number of nitrogens with one attached hydrogen (secondary N) is 1. The molecule has 0 aliphatic heterocycles. The number of furan rings is 1. The third-order valence-corrected chi connectivity index (χ3v) is 7.74. The zero-order valence-electron chi connectivity index (χ0n) is 21.1. The number of fused-ring (bicyclic) bond motifs is 2.